The molecule has 176 valence electrons. The summed E-state index contributed by atoms with van der Waals surface area (Å²) < 4.78 is 33.4. The van der Waals surface area contributed by atoms with Crippen molar-refractivity contribution in [3.63, 3.8) is 0 Å². The van der Waals surface area contributed by atoms with E-state index in [0.29, 0.717) is 29.1 Å². The molecule has 35 heavy (non-hydrogen) atoms. The average molecular weight is 489 g/mol. The van der Waals surface area contributed by atoms with Gasteiger partial charge in [-0.05, 0) is 73.5 Å². The minimum Gasteiger partial charge on any atom is -0.416 e. The summed E-state index contributed by atoms with van der Waals surface area (Å²) >= 11 is 0. The van der Waals surface area contributed by atoms with Gasteiger partial charge in [0.05, 0.1) is 4.90 Å². The highest BCUT2D eigenvalue weighted by molar-refractivity contribution is 7.90. The van der Waals surface area contributed by atoms with Gasteiger partial charge in [-0.15, -0.1) is 10.2 Å². The highest BCUT2D eigenvalue weighted by atomic mass is 32.2. The van der Waals surface area contributed by atoms with Crippen LogP contribution in [0.1, 0.15) is 27.9 Å². The topological polar surface area (TPSA) is 131 Å². The summed E-state index contributed by atoms with van der Waals surface area (Å²) in [4.78, 5) is 24.1. The Kier molecular flexibility index (Phi) is 5.65. The molecular weight excluding hydrogens is 468 g/mol. The molecule has 1 aliphatic heterocycles. The zero-order valence-corrected chi connectivity index (χ0v) is 19.4. The third-order valence-corrected chi connectivity index (χ3v) is 6.92. The molecular formula is C25H20N4O5S. The summed E-state index contributed by atoms with van der Waals surface area (Å²) in [5.41, 5.74) is 3.89. The van der Waals surface area contributed by atoms with E-state index in [4.69, 9.17) is 4.42 Å². The lowest BCUT2D eigenvalue weighted by Gasteiger charge is -2.17. The second kappa shape index (κ2) is 8.80. The van der Waals surface area contributed by atoms with E-state index in [-0.39, 0.29) is 28.7 Å². The lowest BCUT2D eigenvalue weighted by Crippen LogP contribution is -2.30. The number of carbonyl (C=O) groups excluding carboxylic acids is 2. The average Bonchev–Trinajstić information content (AvgIpc) is 3.34. The maximum Gasteiger partial charge on any atom is 0.264 e. The van der Waals surface area contributed by atoms with Crippen LogP contribution in [0.3, 0.4) is 0 Å². The van der Waals surface area contributed by atoms with Gasteiger partial charge in [0, 0.05) is 28.8 Å². The lowest BCUT2D eigenvalue weighted by atomic mass is 10.0. The number of rotatable bonds is 5. The second-order valence-electron chi connectivity index (χ2n) is 8.16. The van der Waals surface area contributed by atoms with E-state index < -0.39 is 15.9 Å². The Bertz CT molecular complexity index is 1560. The number of fused-ring (bicyclic) bond motifs is 1. The first-order valence-corrected chi connectivity index (χ1v) is 12.3. The molecule has 1 aromatic heterocycles. The quantitative estimate of drug-likeness (QED) is 0.438. The van der Waals surface area contributed by atoms with Crippen molar-refractivity contribution in [2.24, 2.45) is 0 Å². The minimum atomic E-state index is -4.10. The third kappa shape index (κ3) is 4.69. The van der Waals surface area contributed by atoms with E-state index in [9.17, 15) is 18.0 Å². The zero-order valence-electron chi connectivity index (χ0n) is 18.6. The van der Waals surface area contributed by atoms with Crippen LogP contribution in [-0.4, -0.2) is 30.4 Å². The van der Waals surface area contributed by atoms with Crippen molar-refractivity contribution < 1.29 is 22.4 Å². The summed E-state index contributed by atoms with van der Waals surface area (Å²) in [5, 5.41) is 10.8. The maximum absolute atomic E-state index is 12.8. The first-order chi connectivity index (χ1) is 16.8. The van der Waals surface area contributed by atoms with Gasteiger partial charge in [0.1, 0.15) is 0 Å². The SMILES string of the molecule is Cc1cccc(-c2nnc(-c3ccc(C(=O)NS(=O)(=O)c4ccc5c(c4)CCC(=O)N5)cc3)o2)c1. The normalized spacial score (nSPS) is 13.1. The summed E-state index contributed by atoms with van der Waals surface area (Å²) in [6, 6.07) is 18.2. The predicted molar refractivity (Wildman–Crippen MR) is 128 cm³/mol. The van der Waals surface area contributed by atoms with Gasteiger partial charge < -0.3 is 9.73 Å². The molecule has 10 heteroatoms. The third-order valence-electron chi connectivity index (χ3n) is 5.59. The Morgan fingerprint density at radius 3 is 2.43 bits per heavy atom. The Hall–Kier alpha value is -4.31. The van der Waals surface area contributed by atoms with E-state index in [2.05, 4.69) is 20.2 Å². The van der Waals surface area contributed by atoms with Crippen molar-refractivity contribution in [2.45, 2.75) is 24.7 Å². The van der Waals surface area contributed by atoms with Gasteiger partial charge >= 0.3 is 0 Å². The van der Waals surface area contributed by atoms with Crippen LogP contribution >= 0.6 is 0 Å². The number of amides is 2. The van der Waals surface area contributed by atoms with Crippen LogP contribution in [0.4, 0.5) is 5.69 Å². The molecule has 0 fully saturated rings. The highest BCUT2D eigenvalue weighted by Crippen LogP contribution is 2.26. The lowest BCUT2D eigenvalue weighted by molar-refractivity contribution is -0.116. The number of carbonyl (C=O) groups is 2. The standard InChI is InChI=1S/C25H20N4O5S/c1-15-3-2-4-19(13-15)25-28-27-24(34-25)17-7-5-16(6-8-17)23(31)29-35(32,33)20-10-11-21-18(14-20)9-12-22(30)26-21/h2-8,10-11,13-14H,9,12H2,1H3,(H,26,30)(H,29,31). The number of aryl methyl sites for hydroxylation is 2. The number of hydrogen-bond donors (Lipinski definition) is 2. The van der Waals surface area contributed by atoms with Crippen molar-refractivity contribution in [1.82, 2.24) is 14.9 Å². The molecule has 0 bridgehead atoms. The molecule has 0 spiro atoms. The molecule has 2 amide bonds. The van der Waals surface area contributed by atoms with Crippen LogP contribution in [0.15, 0.2) is 76.0 Å². The van der Waals surface area contributed by atoms with Gasteiger partial charge in [-0.25, -0.2) is 13.1 Å². The Morgan fingerprint density at radius 1 is 0.943 bits per heavy atom. The number of sulfonamides is 1. The minimum absolute atomic E-state index is 0.0492. The number of anilines is 1. The van der Waals surface area contributed by atoms with Gasteiger partial charge in [0.2, 0.25) is 17.7 Å². The van der Waals surface area contributed by atoms with Gasteiger partial charge in [0.15, 0.2) is 0 Å². The van der Waals surface area contributed by atoms with Crippen LogP contribution in [-0.2, 0) is 21.2 Å². The van der Waals surface area contributed by atoms with Crippen LogP contribution in [0.25, 0.3) is 22.9 Å². The molecule has 4 aromatic rings. The van der Waals surface area contributed by atoms with E-state index in [1.807, 2.05) is 31.2 Å². The van der Waals surface area contributed by atoms with Crippen LogP contribution in [0.5, 0.6) is 0 Å². The summed E-state index contributed by atoms with van der Waals surface area (Å²) in [5.74, 6) is -0.228. The monoisotopic (exact) mass is 488 g/mol. The van der Waals surface area contributed by atoms with E-state index in [1.54, 1.807) is 12.1 Å². The van der Waals surface area contributed by atoms with Gasteiger partial charge in [-0.1, -0.05) is 17.7 Å². The van der Waals surface area contributed by atoms with Crippen molar-refractivity contribution in [3.8, 4) is 22.9 Å². The molecule has 2 N–H and O–H groups in total. The molecule has 0 saturated carbocycles. The van der Waals surface area contributed by atoms with Crippen molar-refractivity contribution in [3.05, 3.63) is 83.4 Å². The van der Waals surface area contributed by atoms with Crippen LogP contribution < -0.4 is 10.0 Å². The molecule has 3 aromatic carbocycles. The molecule has 0 saturated heterocycles. The largest absolute Gasteiger partial charge is 0.416 e. The van der Waals surface area contributed by atoms with Crippen molar-refractivity contribution >= 4 is 27.5 Å². The van der Waals surface area contributed by atoms with E-state index in [0.717, 1.165) is 11.1 Å². The van der Waals surface area contributed by atoms with E-state index >= 15 is 0 Å². The fraction of sp³-hybridized carbons (Fsp3) is 0.120. The molecule has 0 aliphatic carbocycles. The van der Waals surface area contributed by atoms with Gasteiger partial charge in [-0.3, -0.25) is 9.59 Å². The fourth-order valence-electron chi connectivity index (χ4n) is 3.77. The number of aromatic nitrogens is 2. The molecule has 1 aliphatic rings. The molecule has 5 rings (SSSR count). The van der Waals surface area contributed by atoms with E-state index in [1.165, 1.54) is 30.3 Å². The van der Waals surface area contributed by atoms with Gasteiger partial charge in [-0.2, -0.15) is 0 Å². The van der Waals surface area contributed by atoms with Crippen LogP contribution in [0.2, 0.25) is 0 Å². The highest BCUT2D eigenvalue weighted by Gasteiger charge is 2.22. The summed E-state index contributed by atoms with van der Waals surface area (Å²) in [6.07, 6.45) is 0.711. The Labute approximate surface area is 201 Å². The first-order valence-electron chi connectivity index (χ1n) is 10.8. The fourth-order valence-corrected chi connectivity index (χ4v) is 4.79. The van der Waals surface area contributed by atoms with Gasteiger partial charge in [0.25, 0.3) is 15.9 Å². The smallest absolute Gasteiger partial charge is 0.264 e. The number of hydrogen-bond acceptors (Lipinski definition) is 7. The molecule has 0 atom stereocenters. The van der Waals surface area contributed by atoms with Crippen molar-refractivity contribution in [1.29, 1.82) is 0 Å². The molecule has 2 heterocycles. The Morgan fingerprint density at radius 2 is 1.69 bits per heavy atom. The van der Waals surface area contributed by atoms with Crippen LogP contribution in [0, 0.1) is 6.92 Å². The number of nitrogens with zero attached hydrogens (tertiary/aromatic N) is 2. The predicted octanol–water partition coefficient (Wildman–Crippen LogP) is 3.72. The second-order valence-corrected chi connectivity index (χ2v) is 9.84. The summed E-state index contributed by atoms with van der Waals surface area (Å²) in [7, 11) is -4.10. The summed E-state index contributed by atoms with van der Waals surface area (Å²) in [6.45, 7) is 1.97. The molecule has 9 nitrogen and oxygen atoms in total. The number of nitrogens with one attached hydrogen (secondary N) is 2. The molecule has 0 radical (unpaired) electrons. The first kappa shape index (κ1) is 22.5. The zero-order chi connectivity index (χ0) is 24.6. The van der Waals surface area contributed by atoms with Crippen molar-refractivity contribution in [2.75, 3.05) is 5.32 Å². The Balaban J connectivity index is 1.31. The molecule has 0 unspecified atom stereocenters. The maximum atomic E-state index is 12.8. The number of benzene rings is 3.